The molecule has 0 N–H and O–H groups in total. The van der Waals surface area contributed by atoms with Gasteiger partial charge in [-0.2, -0.15) is 4.31 Å². The van der Waals surface area contributed by atoms with Crippen molar-refractivity contribution in [2.24, 2.45) is 0 Å². The summed E-state index contributed by atoms with van der Waals surface area (Å²) in [7, 11) is -3.41. The Balaban J connectivity index is 1.22. The van der Waals surface area contributed by atoms with Gasteiger partial charge in [-0.1, -0.05) is 6.92 Å². The molecule has 0 unspecified atom stereocenters. The highest BCUT2D eigenvalue weighted by atomic mass is 32.2. The highest BCUT2D eigenvalue weighted by molar-refractivity contribution is 7.91. The second-order valence-corrected chi connectivity index (χ2v) is 11.4. The molecule has 2 atom stereocenters. The zero-order chi connectivity index (χ0) is 20.0. The summed E-state index contributed by atoms with van der Waals surface area (Å²) in [6.45, 7) is 4.64. The third-order valence-electron chi connectivity index (χ3n) is 6.05. The average Bonchev–Trinajstić information content (AvgIpc) is 3.31. The van der Waals surface area contributed by atoms with E-state index < -0.39 is 10.0 Å². The van der Waals surface area contributed by atoms with Gasteiger partial charge in [0, 0.05) is 49.4 Å². The van der Waals surface area contributed by atoms with E-state index in [1.54, 1.807) is 16.6 Å². The lowest BCUT2D eigenvalue weighted by atomic mass is 10.2. The van der Waals surface area contributed by atoms with Crippen LogP contribution >= 0.6 is 11.3 Å². The molecule has 2 aliphatic heterocycles. The van der Waals surface area contributed by atoms with E-state index in [1.807, 2.05) is 19.2 Å². The van der Waals surface area contributed by atoms with Gasteiger partial charge in [-0.3, -0.25) is 9.88 Å². The van der Waals surface area contributed by atoms with Crippen molar-refractivity contribution in [1.82, 2.24) is 19.2 Å². The van der Waals surface area contributed by atoms with E-state index in [1.165, 1.54) is 24.2 Å². The lowest BCUT2D eigenvalue weighted by Crippen LogP contribution is -2.51. The fourth-order valence-electron chi connectivity index (χ4n) is 4.23. The van der Waals surface area contributed by atoms with E-state index in [0.29, 0.717) is 29.1 Å². The Labute approximate surface area is 175 Å². The Morgan fingerprint density at radius 2 is 2.03 bits per heavy atom. The summed E-state index contributed by atoms with van der Waals surface area (Å²) in [5.74, 6) is 1.15. The van der Waals surface area contributed by atoms with Crippen LogP contribution in [0.3, 0.4) is 0 Å². The molecule has 2 aromatic rings. The summed E-state index contributed by atoms with van der Waals surface area (Å²) < 4.78 is 34.2. The molecule has 2 saturated heterocycles. The molecule has 4 heterocycles. The van der Waals surface area contributed by atoms with Crippen LogP contribution in [0.25, 0.3) is 0 Å². The predicted octanol–water partition coefficient (Wildman–Crippen LogP) is 2.50. The Morgan fingerprint density at radius 3 is 2.72 bits per heavy atom. The third kappa shape index (κ3) is 3.93. The van der Waals surface area contributed by atoms with Crippen molar-refractivity contribution < 1.29 is 13.2 Å². The monoisotopic (exact) mass is 434 g/mol. The van der Waals surface area contributed by atoms with E-state index >= 15 is 0 Å². The van der Waals surface area contributed by atoms with Crippen molar-refractivity contribution in [3.05, 3.63) is 35.1 Å². The molecule has 5 rings (SSSR count). The SMILES string of the molecule is CCc1ccc(S(=O)(=O)N2CCN3C[C@H](Oc4cnc(C5CC5)cn4)C[C@H]3C2)s1. The maximum Gasteiger partial charge on any atom is 0.252 e. The topological polar surface area (TPSA) is 75.6 Å². The van der Waals surface area contributed by atoms with Crippen molar-refractivity contribution in [2.75, 3.05) is 26.2 Å². The number of aryl methyl sites for hydroxylation is 1. The number of hydrogen-bond donors (Lipinski definition) is 0. The molecule has 29 heavy (non-hydrogen) atoms. The quantitative estimate of drug-likeness (QED) is 0.695. The largest absolute Gasteiger partial charge is 0.472 e. The molecule has 3 fully saturated rings. The molecule has 0 aromatic carbocycles. The van der Waals surface area contributed by atoms with Crippen LogP contribution in [-0.4, -0.2) is 65.9 Å². The number of rotatable bonds is 6. The summed E-state index contributed by atoms with van der Waals surface area (Å²) in [6.07, 6.45) is 7.66. The van der Waals surface area contributed by atoms with Gasteiger partial charge in [-0.05, 0) is 31.4 Å². The third-order valence-corrected chi connectivity index (χ3v) is 9.61. The van der Waals surface area contributed by atoms with Gasteiger partial charge in [0.15, 0.2) is 0 Å². The maximum atomic E-state index is 13.0. The van der Waals surface area contributed by atoms with Crippen LogP contribution in [0.4, 0.5) is 0 Å². The second kappa shape index (κ2) is 7.61. The van der Waals surface area contributed by atoms with E-state index in [-0.39, 0.29) is 12.1 Å². The van der Waals surface area contributed by atoms with Crippen LogP contribution in [0.15, 0.2) is 28.7 Å². The molecule has 156 valence electrons. The number of piperazine rings is 1. The molecular weight excluding hydrogens is 408 g/mol. The molecule has 3 aliphatic rings. The molecule has 0 spiro atoms. The van der Waals surface area contributed by atoms with Crippen molar-refractivity contribution in [3.63, 3.8) is 0 Å². The van der Waals surface area contributed by atoms with Gasteiger partial charge >= 0.3 is 0 Å². The molecular formula is C20H26N4O3S2. The average molecular weight is 435 g/mol. The highest BCUT2D eigenvalue weighted by Crippen LogP contribution is 2.38. The summed E-state index contributed by atoms with van der Waals surface area (Å²) in [6, 6.07) is 3.85. The van der Waals surface area contributed by atoms with Crippen LogP contribution in [0.2, 0.25) is 0 Å². The van der Waals surface area contributed by atoms with Gasteiger partial charge in [0.05, 0.1) is 18.1 Å². The molecule has 0 amide bonds. The molecule has 1 saturated carbocycles. The first-order chi connectivity index (χ1) is 14.0. The zero-order valence-electron chi connectivity index (χ0n) is 16.5. The first kappa shape index (κ1) is 19.4. The second-order valence-electron chi connectivity index (χ2n) is 8.12. The molecule has 9 heteroatoms. The van der Waals surface area contributed by atoms with Gasteiger partial charge in [0.25, 0.3) is 10.0 Å². The molecule has 1 aliphatic carbocycles. The fraction of sp³-hybridized carbons (Fsp3) is 0.600. The minimum absolute atomic E-state index is 0.0251. The van der Waals surface area contributed by atoms with E-state index in [9.17, 15) is 8.42 Å². The number of thiophene rings is 1. The predicted molar refractivity (Wildman–Crippen MR) is 111 cm³/mol. The van der Waals surface area contributed by atoms with Crippen molar-refractivity contribution in [3.8, 4) is 5.88 Å². The number of ether oxygens (including phenoxy) is 1. The minimum Gasteiger partial charge on any atom is -0.472 e. The number of fused-ring (bicyclic) bond motifs is 1. The normalized spacial score (nSPS) is 25.8. The first-order valence-electron chi connectivity index (χ1n) is 10.3. The summed E-state index contributed by atoms with van der Waals surface area (Å²) in [5, 5.41) is 0. The zero-order valence-corrected chi connectivity index (χ0v) is 18.2. The van der Waals surface area contributed by atoms with Crippen LogP contribution in [0.5, 0.6) is 5.88 Å². The van der Waals surface area contributed by atoms with Gasteiger partial charge in [-0.15, -0.1) is 11.3 Å². The number of sulfonamides is 1. The summed E-state index contributed by atoms with van der Waals surface area (Å²) in [4.78, 5) is 12.3. The minimum atomic E-state index is -3.41. The Bertz CT molecular complexity index is 972. The number of aromatic nitrogens is 2. The van der Waals surface area contributed by atoms with Gasteiger partial charge in [0.1, 0.15) is 10.3 Å². The Hall–Kier alpha value is -1.55. The van der Waals surface area contributed by atoms with Crippen LogP contribution in [0, 0.1) is 0 Å². The molecule has 7 nitrogen and oxygen atoms in total. The van der Waals surface area contributed by atoms with E-state index in [4.69, 9.17) is 4.74 Å². The standard InChI is InChI=1S/C20H26N4O3S2/c1-2-17-5-6-20(28-17)29(25,26)24-8-7-23-13-16(9-15(23)12-24)27-19-11-21-18(10-22-19)14-3-4-14/h5-6,10-11,14-16H,2-4,7-9,12-13H2,1H3/t15-,16+/m0/s1. The summed E-state index contributed by atoms with van der Waals surface area (Å²) >= 11 is 1.39. The van der Waals surface area contributed by atoms with Crippen LogP contribution in [0.1, 0.15) is 42.7 Å². The summed E-state index contributed by atoms with van der Waals surface area (Å²) in [5.41, 5.74) is 1.06. The van der Waals surface area contributed by atoms with Crippen molar-refractivity contribution >= 4 is 21.4 Å². The first-order valence-corrected chi connectivity index (χ1v) is 12.6. The lowest BCUT2D eigenvalue weighted by molar-refractivity contribution is 0.151. The van der Waals surface area contributed by atoms with Crippen LogP contribution in [-0.2, 0) is 16.4 Å². The smallest absolute Gasteiger partial charge is 0.252 e. The highest BCUT2D eigenvalue weighted by Gasteiger charge is 2.41. The maximum absolute atomic E-state index is 13.0. The fourth-order valence-corrected chi connectivity index (χ4v) is 7.15. The number of nitrogens with zero attached hydrogens (tertiary/aromatic N) is 4. The molecule has 2 aromatic heterocycles. The molecule has 0 radical (unpaired) electrons. The molecule has 0 bridgehead atoms. The lowest BCUT2D eigenvalue weighted by Gasteiger charge is -2.36. The number of hydrogen-bond acceptors (Lipinski definition) is 7. The van der Waals surface area contributed by atoms with E-state index in [2.05, 4.69) is 14.9 Å². The van der Waals surface area contributed by atoms with Crippen molar-refractivity contribution in [1.29, 1.82) is 0 Å². The Kier molecular flexibility index (Phi) is 5.09. The van der Waals surface area contributed by atoms with Gasteiger partial charge < -0.3 is 4.74 Å². The van der Waals surface area contributed by atoms with Crippen molar-refractivity contribution in [2.45, 2.75) is 54.9 Å². The Morgan fingerprint density at radius 1 is 1.17 bits per heavy atom. The van der Waals surface area contributed by atoms with E-state index in [0.717, 1.165) is 36.5 Å². The van der Waals surface area contributed by atoms with Gasteiger partial charge in [-0.25, -0.2) is 13.4 Å². The van der Waals surface area contributed by atoms with Crippen LogP contribution < -0.4 is 4.74 Å². The van der Waals surface area contributed by atoms with Gasteiger partial charge in [0.2, 0.25) is 5.88 Å².